The van der Waals surface area contributed by atoms with Crippen molar-refractivity contribution in [1.29, 1.82) is 0 Å². The van der Waals surface area contributed by atoms with Crippen molar-refractivity contribution in [1.82, 2.24) is 24.8 Å². The monoisotopic (exact) mass is 527 g/mol. The molecule has 5 heterocycles. The summed E-state index contributed by atoms with van der Waals surface area (Å²) in [5.74, 6) is 1.82. The van der Waals surface area contributed by atoms with Gasteiger partial charge in [-0.05, 0) is 82.4 Å². The number of hydrogen-bond acceptors (Lipinski definition) is 8. The lowest BCUT2D eigenvalue weighted by Crippen LogP contribution is -2.42. The molecule has 202 valence electrons. The third kappa shape index (κ3) is 3.87. The van der Waals surface area contributed by atoms with E-state index in [1.54, 1.807) is 23.9 Å². The van der Waals surface area contributed by atoms with Crippen LogP contribution in [0.2, 0.25) is 0 Å². The molecule has 2 unspecified atom stereocenters. The Kier molecular flexibility index (Phi) is 5.42. The number of hydrogen-bond donors (Lipinski definition) is 2. The first-order chi connectivity index (χ1) is 18.7. The maximum absolute atomic E-state index is 13.8. The zero-order chi connectivity index (χ0) is 27.1. The zero-order valence-electron chi connectivity index (χ0n) is 22.5. The number of aromatic nitrogens is 4. The van der Waals surface area contributed by atoms with Crippen molar-refractivity contribution in [3.05, 3.63) is 46.0 Å². The normalized spacial score (nSPS) is 29.4. The van der Waals surface area contributed by atoms with Crippen LogP contribution in [-0.2, 0) is 10.3 Å². The summed E-state index contributed by atoms with van der Waals surface area (Å²) < 4.78 is 1.78. The second kappa shape index (κ2) is 8.67. The molecule has 2 saturated carbocycles. The fraction of sp³-hybridized carbons (Fsp3) is 0.517. The molecule has 3 aromatic heterocycles. The van der Waals surface area contributed by atoms with E-state index in [-0.39, 0.29) is 34.4 Å². The van der Waals surface area contributed by atoms with Gasteiger partial charge in [-0.1, -0.05) is 0 Å². The molecular formula is C29H33N7O3. The number of carbonyl (C=O) groups is 2. The van der Waals surface area contributed by atoms with Crippen molar-refractivity contribution in [2.45, 2.75) is 76.9 Å². The number of anilines is 3. The molecule has 39 heavy (non-hydrogen) atoms. The first-order valence-electron chi connectivity index (χ1n) is 14.0. The van der Waals surface area contributed by atoms with Gasteiger partial charge in [-0.15, -0.1) is 0 Å². The van der Waals surface area contributed by atoms with E-state index in [2.05, 4.69) is 27.5 Å². The molecule has 0 spiro atoms. The number of fused-ring (bicyclic) bond motifs is 4. The van der Waals surface area contributed by atoms with Gasteiger partial charge >= 0.3 is 0 Å². The highest BCUT2D eigenvalue weighted by molar-refractivity contribution is 5.99. The van der Waals surface area contributed by atoms with E-state index in [1.165, 1.54) is 6.92 Å². The number of aryl methyl sites for hydroxylation is 1. The second-order valence-corrected chi connectivity index (χ2v) is 12.0. The van der Waals surface area contributed by atoms with Gasteiger partial charge in [-0.25, -0.2) is 9.97 Å². The molecule has 2 N–H and O–H groups in total. The molecule has 10 heteroatoms. The molecule has 1 amide bonds. The molecule has 2 saturated heterocycles. The van der Waals surface area contributed by atoms with Crippen molar-refractivity contribution >= 4 is 40.2 Å². The highest BCUT2D eigenvalue weighted by atomic mass is 16.2. The van der Waals surface area contributed by atoms with Crippen LogP contribution in [0.1, 0.15) is 68.3 Å². The van der Waals surface area contributed by atoms with Crippen molar-refractivity contribution in [2.75, 3.05) is 16.8 Å². The average molecular weight is 528 g/mol. The Hall–Kier alpha value is -3.66. The van der Waals surface area contributed by atoms with E-state index >= 15 is 0 Å². The Morgan fingerprint density at radius 2 is 1.95 bits per heavy atom. The van der Waals surface area contributed by atoms with E-state index in [1.807, 2.05) is 17.0 Å². The predicted octanol–water partition coefficient (Wildman–Crippen LogP) is 3.44. The second-order valence-electron chi connectivity index (χ2n) is 12.0. The van der Waals surface area contributed by atoms with Crippen LogP contribution in [0.15, 0.2) is 29.3 Å². The number of pyridine rings is 2. The maximum atomic E-state index is 13.8. The Labute approximate surface area is 226 Å². The SMILES string of the molecule is CC(=O)c1c(C)c2cnc(Nc3ccc(N4C[C@H]5CC[C@@H](CC4=O)N5)cn3)nc2n([C@]2(C)CCC3CC32)c1=O. The summed E-state index contributed by atoms with van der Waals surface area (Å²) in [5, 5.41) is 7.42. The van der Waals surface area contributed by atoms with Crippen molar-refractivity contribution < 1.29 is 9.59 Å². The molecule has 3 aromatic rings. The van der Waals surface area contributed by atoms with E-state index in [9.17, 15) is 14.4 Å². The fourth-order valence-electron chi connectivity index (χ4n) is 7.36. The molecule has 2 bridgehead atoms. The standard InChI is InChI=1S/C29H33N7O3/c1-15-21-13-31-28(33-23-7-6-20(12-30-23)35-14-19-5-4-18(32-19)11-24(35)38)34-26(21)36(27(39)25(15)16(2)37)29(3)9-8-17-10-22(17)29/h6-7,12-13,17-19,22,32H,4-5,8-11,14H2,1-3H3,(H,30,31,33,34)/t17?,18-,19+,22?,29+/m0/s1. The van der Waals surface area contributed by atoms with Gasteiger partial charge in [0.25, 0.3) is 5.56 Å². The van der Waals surface area contributed by atoms with Gasteiger partial charge in [0.1, 0.15) is 11.5 Å². The highest BCUT2D eigenvalue weighted by Gasteiger charge is 2.57. The van der Waals surface area contributed by atoms with E-state index < -0.39 is 0 Å². The van der Waals surface area contributed by atoms with Crippen LogP contribution in [0.3, 0.4) is 0 Å². The molecule has 10 nitrogen and oxygen atoms in total. The summed E-state index contributed by atoms with van der Waals surface area (Å²) in [6.07, 6.45) is 9.12. The van der Waals surface area contributed by atoms with Crippen molar-refractivity contribution in [3.8, 4) is 0 Å². The third-order valence-electron chi connectivity index (χ3n) is 9.54. The van der Waals surface area contributed by atoms with Crippen LogP contribution in [-0.4, -0.2) is 49.8 Å². The van der Waals surface area contributed by atoms with Gasteiger partial charge in [-0.3, -0.25) is 19.0 Å². The fourth-order valence-corrected chi connectivity index (χ4v) is 7.36. The molecular weight excluding hydrogens is 494 g/mol. The number of carbonyl (C=O) groups excluding carboxylic acids is 2. The number of nitrogens with zero attached hydrogens (tertiary/aromatic N) is 5. The van der Waals surface area contributed by atoms with Gasteiger partial charge in [0.05, 0.1) is 17.4 Å². The third-order valence-corrected chi connectivity index (χ3v) is 9.54. The smallest absolute Gasteiger partial charge is 0.263 e. The number of ketones is 1. The maximum Gasteiger partial charge on any atom is 0.263 e. The first kappa shape index (κ1) is 24.4. The van der Waals surface area contributed by atoms with Gasteiger partial charge in [0, 0.05) is 42.2 Å². The minimum atomic E-state index is -0.378. The molecule has 4 fully saturated rings. The Balaban J connectivity index is 1.23. The Bertz CT molecular complexity index is 1580. The molecule has 7 rings (SSSR count). The lowest BCUT2D eigenvalue weighted by atomic mass is 9.93. The first-order valence-corrected chi connectivity index (χ1v) is 14.0. The summed E-state index contributed by atoms with van der Waals surface area (Å²) >= 11 is 0. The lowest BCUT2D eigenvalue weighted by molar-refractivity contribution is -0.118. The molecule has 5 atom stereocenters. The van der Waals surface area contributed by atoms with Gasteiger partial charge in [0.2, 0.25) is 11.9 Å². The van der Waals surface area contributed by atoms with Crippen molar-refractivity contribution in [3.63, 3.8) is 0 Å². The number of nitrogens with one attached hydrogen (secondary N) is 2. The zero-order valence-corrected chi connectivity index (χ0v) is 22.5. The summed E-state index contributed by atoms with van der Waals surface area (Å²) in [6.45, 7) is 6.02. The summed E-state index contributed by atoms with van der Waals surface area (Å²) in [5.41, 5.74) is 1.52. The van der Waals surface area contributed by atoms with Crippen LogP contribution < -0.4 is 21.1 Å². The largest absolute Gasteiger partial charge is 0.309 e. The van der Waals surface area contributed by atoms with E-state index in [0.29, 0.717) is 59.2 Å². The quantitative estimate of drug-likeness (QED) is 0.484. The topological polar surface area (TPSA) is 122 Å². The highest BCUT2D eigenvalue weighted by Crippen LogP contribution is 2.60. The van der Waals surface area contributed by atoms with Crippen LogP contribution in [0.25, 0.3) is 11.0 Å². The minimum Gasteiger partial charge on any atom is -0.309 e. The number of Topliss-reactive ketones (excluding diaryl/α,β-unsaturated/α-hetero) is 1. The Morgan fingerprint density at radius 1 is 1.13 bits per heavy atom. The summed E-state index contributed by atoms with van der Waals surface area (Å²) in [7, 11) is 0. The van der Waals surface area contributed by atoms with E-state index in [4.69, 9.17) is 4.98 Å². The van der Waals surface area contributed by atoms with Gasteiger partial charge in [0.15, 0.2) is 5.78 Å². The summed E-state index contributed by atoms with van der Waals surface area (Å²) in [4.78, 5) is 54.8. The van der Waals surface area contributed by atoms with Crippen molar-refractivity contribution in [2.24, 2.45) is 11.8 Å². The minimum absolute atomic E-state index is 0.117. The van der Waals surface area contributed by atoms with Gasteiger partial charge < -0.3 is 15.5 Å². The van der Waals surface area contributed by atoms with Crippen LogP contribution in [0.4, 0.5) is 17.5 Å². The average Bonchev–Trinajstić information content (AvgIpc) is 3.50. The molecule has 0 aromatic carbocycles. The molecule has 4 aliphatic rings. The number of amides is 1. The van der Waals surface area contributed by atoms with Gasteiger partial charge in [-0.2, -0.15) is 4.98 Å². The van der Waals surface area contributed by atoms with Crippen LogP contribution in [0.5, 0.6) is 0 Å². The molecule has 2 aliphatic heterocycles. The predicted molar refractivity (Wildman–Crippen MR) is 147 cm³/mol. The van der Waals surface area contributed by atoms with Crippen LogP contribution >= 0.6 is 0 Å². The number of rotatable bonds is 5. The lowest BCUT2D eigenvalue weighted by Gasteiger charge is -2.31. The molecule has 0 radical (unpaired) electrons. The van der Waals surface area contributed by atoms with Crippen LogP contribution in [0, 0.1) is 18.8 Å². The van der Waals surface area contributed by atoms with E-state index in [0.717, 1.165) is 37.8 Å². The summed E-state index contributed by atoms with van der Waals surface area (Å²) in [6, 6.07) is 4.30. The Morgan fingerprint density at radius 3 is 2.64 bits per heavy atom. The molecule has 2 aliphatic carbocycles.